The Morgan fingerprint density at radius 3 is 2.63 bits per heavy atom. The van der Waals surface area contributed by atoms with Crippen LogP contribution in [0.2, 0.25) is 0 Å². The molecule has 1 amide bonds. The van der Waals surface area contributed by atoms with Gasteiger partial charge in [-0.05, 0) is 82.4 Å². The standard InChI is InChI=1S/C29H37N7O2/c1-35-14-12-21(13-15-35)31-28(37)19-8-10-22(24(16-19)38-3)32-29-30-17-20-9-11-23-25(26(20)33-29)27(36(2)34-23)18-6-4-5-7-18/h8,10,16-18,21H,4-7,9,11-15H2,1-3H3,(H,31,37)(H,30,32,33). The topological polar surface area (TPSA) is 97.2 Å². The summed E-state index contributed by atoms with van der Waals surface area (Å²) in [6, 6.07) is 5.68. The molecular weight excluding hydrogens is 478 g/mol. The number of methoxy groups -OCH3 is 1. The van der Waals surface area contributed by atoms with Crippen LogP contribution in [0.1, 0.15) is 71.8 Å². The number of nitrogens with zero attached hydrogens (tertiary/aromatic N) is 5. The van der Waals surface area contributed by atoms with Crippen molar-refractivity contribution in [3.8, 4) is 17.0 Å². The van der Waals surface area contributed by atoms with E-state index in [2.05, 4.69) is 39.3 Å². The molecule has 1 aliphatic heterocycles. The molecule has 3 aromatic rings. The molecule has 0 radical (unpaired) electrons. The van der Waals surface area contributed by atoms with E-state index in [0.717, 1.165) is 55.8 Å². The van der Waals surface area contributed by atoms with E-state index in [4.69, 9.17) is 14.8 Å². The largest absolute Gasteiger partial charge is 0.495 e. The van der Waals surface area contributed by atoms with Crippen LogP contribution < -0.4 is 15.4 Å². The van der Waals surface area contributed by atoms with Gasteiger partial charge in [-0.2, -0.15) is 5.10 Å². The molecule has 0 unspecified atom stereocenters. The number of hydrogen-bond donors (Lipinski definition) is 2. The quantitative estimate of drug-likeness (QED) is 0.508. The van der Waals surface area contributed by atoms with E-state index >= 15 is 0 Å². The summed E-state index contributed by atoms with van der Waals surface area (Å²) in [7, 11) is 5.80. The number of amides is 1. The molecule has 0 bridgehead atoms. The second-order valence-corrected chi connectivity index (χ2v) is 11.0. The number of rotatable bonds is 6. The number of aryl methyl sites for hydroxylation is 3. The Kier molecular flexibility index (Phi) is 6.78. The van der Waals surface area contributed by atoms with Crippen molar-refractivity contribution >= 4 is 17.5 Å². The average molecular weight is 516 g/mol. The summed E-state index contributed by atoms with van der Waals surface area (Å²) in [5.74, 6) is 1.57. The van der Waals surface area contributed by atoms with Crippen molar-refractivity contribution in [3.63, 3.8) is 0 Å². The normalized spacial score (nSPS) is 18.2. The third kappa shape index (κ3) is 4.75. The van der Waals surface area contributed by atoms with Crippen LogP contribution in [-0.4, -0.2) is 63.8 Å². The summed E-state index contributed by atoms with van der Waals surface area (Å²) in [5.41, 5.74) is 7.14. The van der Waals surface area contributed by atoms with Gasteiger partial charge in [0.2, 0.25) is 5.95 Å². The van der Waals surface area contributed by atoms with E-state index in [1.807, 2.05) is 18.3 Å². The molecule has 0 spiro atoms. The van der Waals surface area contributed by atoms with Gasteiger partial charge in [-0.3, -0.25) is 9.48 Å². The van der Waals surface area contributed by atoms with Crippen molar-refractivity contribution in [2.75, 3.05) is 32.6 Å². The SMILES string of the molecule is COc1cc(C(=O)NC2CCN(C)CC2)ccc1Nc1ncc2c(n1)-c1c(nn(C)c1C1CCCC1)CC2. The molecule has 2 N–H and O–H groups in total. The summed E-state index contributed by atoms with van der Waals surface area (Å²) in [4.78, 5) is 24.8. The first-order chi connectivity index (χ1) is 18.5. The average Bonchev–Trinajstić information content (AvgIpc) is 3.57. The zero-order valence-electron chi connectivity index (χ0n) is 22.6. The second-order valence-electron chi connectivity index (χ2n) is 11.0. The number of benzene rings is 1. The molecule has 9 nitrogen and oxygen atoms in total. The van der Waals surface area contributed by atoms with Crippen molar-refractivity contribution in [2.45, 2.75) is 63.3 Å². The lowest BCUT2D eigenvalue weighted by Gasteiger charge is -2.29. The zero-order chi connectivity index (χ0) is 26.2. The van der Waals surface area contributed by atoms with Crippen LogP contribution in [0, 0.1) is 0 Å². The molecule has 9 heteroatoms. The van der Waals surface area contributed by atoms with Crippen LogP contribution in [-0.2, 0) is 19.9 Å². The van der Waals surface area contributed by atoms with Gasteiger partial charge in [0.05, 0.1) is 29.9 Å². The highest BCUT2D eigenvalue weighted by Crippen LogP contribution is 2.43. The number of carbonyl (C=O) groups excluding carboxylic acids is 1. The number of carbonyl (C=O) groups is 1. The van der Waals surface area contributed by atoms with Crippen LogP contribution >= 0.6 is 0 Å². The molecule has 200 valence electrons. The maximum atomic E-state index is 12.9. The third-order valence-corrected chi connectivity index (χ3v) is 8.40. The monoisotopic (exact) mass is 515 g/mol. The van der Waals surface area contributed by atoms with E-state index in [1.165, 1.54) is 42.5 Å². The van der Waals surface area contributed by atoms with E-state index in [-0.39, 0.29) is 11.9 Å². The first-order valence-corrected chi connectivity index (χ1v) is 13.9. The highest BCUT2D eigenvalue weighted by atomic mass is 16.5. The van der Waals surface area contributed by atoms with E-state index in [1.54, 1.807) is 13.2 Å². The van der Waals surface area contributed by atoms with Gasteiger partial charge in [0.15, 0.2) is 0 Å². The van der Waals surface area contributed by atoms with E-state index in [0.29, 0.717) is 23.2 Å². The maximum Gasteiger partial charge on any atom is 0.251 e. The number of anilines is 2. The fraction of sp³-hybridized carbons (Fsp3) is 0.517. The number of likely N-dealkylation sites (tertiary alicyclic amines) is 1. The molecule has 38 heavy (non-hydrogen) atoms. The molecule has 2 aliphatic carbocycles. The molecule has 1 saturated heterocycles. The number of aromatic nitrogens is 4. The Labute approximate surface area is 224 Å². The minimum Gasteiger partial charge on any atom is -0.495 e. The molecule has 1 saturated carbocycles. The predicted molar refractivity (Wildman–Crippen MR) is 147 cm³/mol. The van der Waals surface area contributed by atoms with Crippen molar-refractivity contribution in [1.82, 2.24) is 30.0 Å². The van der Waals surface area contributed by atoms with Gasteiger partial charge >= 0.3 is 0 Å². The number of piperidine rings is 1. The highest BCUT2D eigenvalue weighted by Gasteiger charge is 2.31. The Hall–Kier alpha value is -3.46. The number of hydrogen-bond acceptors (Lipinski definition) is 7. The number of nitrogens with one attached hydrogen (secondary N) is 2. The van der Waals surface area contributed by atoms with Crippen molar-refractivity contribution in [2.24, 2.45) is 7.05 Å². The van der Waals surface area contributed by atoms with Crippen molar-refractivity contribution < 1.29 is 9.53 Å². The third-order valence-electron chi connectivity index (χ3n) is 8.40. The Bertz CT molecular complexity index is 1340. The Balaban J connectivity index is 1.24. The summed E-state index contributed by atoms with van der Waals surface area (Å²) in [6.07, 6.45) is 10.7. The fourth-order valence-corrected chi connectivity index (χ4v) is 6.29. The smallest absolute Gasteiger partial charge is 0.251 e. The fourth-order valence-electron chi connectivity index (χ4n) is 6.29. The molecule has 3 heterocycles. The molecule has 3 aliphatic rings. The van der Waals surface area contributed by atoms with Gasteiger partial charge < -0.3 is 20.3 Å². The second kappa shape index (κ2) is 10.4. The Morgan fingerprint density at radius 1 is 1.08 bits per heavy atom. The van der Waals surface area contributed by atoms with Crippen LogP contribution in [0.25, 0.3) is 11.3 Å². The molecular formula is C29H37N7O2. The Morgan fingerprint density at radius 2 is 1.87 bits per heavy atom. The van der Waals surface area contributed by atoms with Crippen LogP contribution in [0.15, 0.2) is 24.4 Å². The van der Waals surface area contributed by atoms with Gasteiger partial charge in [-0.1, -0.05) is 12.8 Å². The minimum atomic E-state index is -0.0713. The van der Waals surface area contributed by atoms with Crippen LogP contribution in [0.5, 0.6) is 5.75 Å². The molecule has 2 fully saturated rings. The summed E-state index contributed by atoms with van der Waals surface area (Å²) >= 11 is 0. The minimum absolute atomic E-state index is 0.0713. The first kappa shape index (κ1) is 24.9. The molecule has 0 atom stereocenters. The lowest BCUT2D eigenvalue weighted by molar-refractivity contribution is 0.0916. The first-order valence-electron chi connectivity index (χ1n) is 13.9. The van der Waals surface area contributed by atoms with Crippen LogP contribution in [0.3, 0.4) is 0 Å². The highest BCUT2D eigenvalue weighted by molar-refractivity contribution is 5.95. The van der Waals surface area contributed by atoms with Gasteiger partial charge in [0, 0.05) is 36.3 Å². The van der Waals surface area contributed by atoms with Gasteiger partial charge in [-0.15, -0.1) is 0 Å². The maximum absolute atomic E-state index is 12.9. The van der Waals surface area contributed by atoms with Gasteiger partial charge in [0.1, 0.15) is 5.75 Å². The van der Waals surface area contributed by atoms with Crippen LogP contribution in [0.4, 0.5) is 11.6 Å². The lowest BCUT2D eigenvalue weighted by Crippen LogP contribution is -2.43. The van der Waals surface area contributed by atoms with Gasteiger partial charge in [0.25, 0.3) is 5.91 Å². The van der Waals surface area contributed by atoms with Crippen molar-refractivity contribution in [1.29, 1.82) is 0 Å². The van der Waals surface area contributed by atoms with E-state index < -0.39 is 0 Å². The summed E-state index contributed by atoms with van der Waals surface area (Å²) in [5, 5.41) is 11.4. The molecule has 6 rings (SSSR count). The lowest BCUT2D eigenvalue weighted by atomic mass is 9.89. The molecule has 2 aromatic heterocycles. The summed E-state index contributed by atoms with van der Waals surface area (Å²) < 4.78 is 7.74. The van der Waals surface area contributed by atoms with Gasteiger partial charge in [-0.25, -0.2) is 9.97 Å². The molecule has 1 aromatic carbocycles. The predicted octanol–water partition coefficient (Wildman–Crippen LogP) is 4.21. The number of fused-ring (bicyclic) bond motifs is 3. The van der Waals surface area contributed by atoms with E-state index in [9.17, 15) is 4.79 Å². The summed E-state index contributed by atoms with van der Waals surface area (Å²) in [6.45, 7) is 2.00. The van der Waals surface area contributed by atoms with Crippen molar-refractivity contribution in [3.05, 3.63) is 46.9 Å². The number of ether oxygens (including phenoxy) is 1. The zero-order valence-corrected chi connectivity index (χ0v) is 22.6.